The molecule has 146 valence electrons. The number of rotatable bonds is 6. The second-order valence-corrected chi connectivity index (χ2v) is 7.10. The molecule has 0 bridgehead atoms. The van der Waals surface area contributed by atoms with Crippen LogP contribution in [-0.4, -0.2) is 36.4 Å². The largest absolute Gasteiger partial charge is 0.490 e. The van der Waals surface area contributed by atoms with Crippen LogP contribution >= 0.6 is 0 Å². The number of nitrogens with one attached hydrogen (secondary N) is 1. The molecule has 1 heterocycles. The third-order valence-electron chi connectivity index (χ3n) is 4.96. The van der Waals surface area contributed by atoms with E-state index in [1.807, 2.05) is 17.0 Å². The summed E-state index contributed by atoms with van der Waals surface area (Å²) < 4.78 is 5.43. The first kappa shape index (κ1) is 19.7. The lowest BCUT2D eigenvalue weighted by Crippen LogP contribution is -2.38. The Kier molecular flexibility index (Phi) is 6.48. The fourth-order valence-electron chi connectivity index (χ4n) is 3.21. The monoisotopic (exact) mass is 378 g/mol. The first-order valence-corrected chi connectivity index (χ1v) is 9.62. The molecule has 1 aliphatic heterocycles. The van der Waals surface area contributed by atoms with Crippen LogP contribution in [0.1, 0.15) is 40.5 Å². The number of carbonyl (C=O) groups is 2. The summed E-state index contributed by atoms with van der Waals surface area (Å²) in [4.78, 5) is 27.5. The average Bonchev–Trinajstić information content (AvgIpc) is 2.73. The lowest BCUT2D eigenvalue weighted by Gasteiger charge is -2.30. The van der Waals surface area contributed by atoms with Gasteiger partial charge in [0.25, 0.3) is 11.8 Å². The molecule has 0 saturated carbocycles. The van der Waals surface area contributed by atoms with E-state index >= 15 is 0 Å². The van der Waals surface area contributed by atoms with Crippen LogP contribution in [0.5, 0.6) is 5.75 Å². The zero-order valence-electron chi connectivity index (χ0n) is 16.2. The highest BCUT2D eigenvalue weighted by Crippen LogP contribution is 2.23. The third kappa shape index (κ3) is 4.80. The summed E-state index contributed by atoms with van der Waals surface area (Å²) in [6, 6.07) is 14.0. The maximum absolute atomic E-state index is 12.9. The van der Waals surface area contributed by atoms with Crippen LogP contribution in [-0.2, 0) is 0 Å². The molecular formula is C23H26N2O3. The predicted molar refractivity (Wildman–Crippen MR) is 111 cm³/mol. The molecule has 3 rings (SSSR count). The van der Waals surface area contributed by atoms with Gasteiger partial charge in [-0.1, -0.05) is 31.7 Å². The average molecular weight is 378 g/mol. The van der Waals surface area contributed by atoms with Gasteiger partial charge in [-0.2, -0.15) is 0 Å². The van der Waals surface area contributed by atoms with Crippen LogP contribution in [0, 0.1) is 5.92 Å². The zero-order chi connectivity index (χ0) is 19.9. The van der Waals surface area contributed by atoms with Gasteiger partial charge < -0.3 is 15.0 Å². The van der Waals surface area contributed by atoms with Gasteiger partial charge in [0.1, 0.15) is 12.4 Å². The molecule has 1 fully saturated rings. The molecule has 0 spiro atoms. The minimum atomic E-state index is -0.261. The third-order valence-corrected chi connectivity index (χ3v) is 4.96. The van der Waals surface area contributed by atoms with Crippen molar-refractivity contribution in [1.82, 2.24) is 4.90 Å². The molecule has 5 heteroatoms. The summed E-state index contributed by atoms with van der Waals surface area (Å²) in [7, 11) is 0. The standard InChI is InChI=1S/C23H26N2O3/c1-3-16-28-19-10-8-18(9-11-19)22(26)24-21-7-5-4-6-20(21)23(27)25-14-12-17(2)13-15-25/h3-11,17H,1,12-16H2,2H3,(H,24,26). The van der Waals surface area contributed by atoms with Crippen LogP contribution in [0.2, 0.25) is 0 Å². The van der Waals surface area contributed by atoms with Crippen molar-refractivity contribution < 1.29 is 14.3 Å². The number of hydrogen-bond donors (Lipinski definition) is 1. The fourth-order valence-corrected chi connectivity index (χ4v) is 3.21. The topological polar surface area (TPSA) is 58.6 Å². The van der Waals surface area contributed by atoms with E-state index in [1.54, 1.807) is 42.5 Å². The van der Waals surface area contributed by atoms with E-state index in [4.69, 9.17) is 4.74 Å². The van der Waals surface area contributed by atoms with Crippen LogP contribution < -0.4 is 10.1 Å². The molecule has 0 radical (unpaired) electrons. The van der Waals surface area contributed by atoms with Gasteiger partial charge in [0, 0.05) is 18.7 Å². The highest BCUT2D eigenvalue weighted by molar-refractivity contribution is 6.09. The second-order valence-electron chi connectivity index (χ2n) is 7.10. The number of nitrogens with zero attached hydrogens (tertiary/aromatic N) is 1. The van der Waals surface area contributed by atoms with Gasteiger partial charge >= 0.3 is 0 Å². The molecule has 5 nitrogen and oxygen atoms in total. The minimum absolute atomic E-state index is 0.0315. The van der Waals surface area contributed by atoms with Crippen molar-refractivity contribution in [2.24, 2.45) is 5.92 Å². The van der Waals surface area contributed by atoms with Crippen molar-refractivity contribution >= 4 is 17.5 Å². The van der Waals surface area contributed by atoms with Gasteiger partial charge in [-0.15, -0.1) is 0 Å². The number of ether oxygens (including phenoxy) is 1. The van der Waals surface area contributed by atoms with Gasteiger partial charge in [0.15, 0.2) is 0 Å². The molecule has 2 amide bonds. The minimum Gasteiger partial charge on any atom is -0.490 e. The molecule has 2 aromatic rings. The zero-order valence-corrected chi connectivity index (χ0v) is 16.2. The lowest BCUT2D eigenvalue weighted by atomic mass is 9.98. The maximum Gasteiger partial charge on any atom is 0.255 e. The summed E-state index contributed by atoms with van der Waals surface area (Å²) in [6.07, 6.45) is 3.69. The van der Waals surface area contributed by atoms with Crippen molar-refractivity contribution in [3.63, 3.8) is 0 Å². The number of hydrogen-bond acceptors (Lipinski definition) is 3. The number of para-hydroxylation sites is 1. The Bertz CT molecular complexity index is 837. The van der Waals surface area contributed by atoms with Crippen molar-refractivity contribution in [3.05, 3.63) is 72.3 Å². The van der Waals surface area contributed by atoms with Crippen LogP contribution in [0.4, 0.5) is 5.69 Å². The summed E-state index contributed by atoms with van der Waals surface area (Å²) in [5.41, 5.74) is 1.56. The van der Waals surface area contributed by atoms with E-state index in [0.29, 0.717) is 35.1 Å². The van der Waals surface area contributed by atoms with Crippen molar-refractivity contribution in [2.45, 2.75) is 19.8 Å². The van der Waals surface area contributed by atoms with Crippen molar-refractivity contribution in [1.29, 1.82) is 0 Å². The Labute approximate surface area is 166 Å². The molecule has 1 saturated heterocycles. The Morgan fingerprint density at radius 3 is 2.50 bits per heavy atom. The second kappa shape index (κ2) is 9.22. The van der Waals surface area contributed by atoms with Crippen LogP contribution in [0.3, 0.4) is 0 Å². The van der Waals surface area contributed by atoms with E-state index < -0.39 is 0 Å². The van der Waals surface area contributed by atoms with Gasteiger partial charge in [-0.25, -0.2) is 0 Å². The highest BCUT2D eigenvalue weighted by Gasteiger charge is 2.23. The molecular weight excluding hydrogens is 352 g/mol. The van der Waals surface area contributed by atoms with Crippen molar-refractivity contribution in [2.75, 3.05) is 25.0 Å². The summed E-state index contributed by atoms with van der Waals surface area (Å²) >= 11 is 0. The number of anilines is 1. The molecule has 0 aromatic heterocycles. The van der Waals surface area contributed by atoms with E-state index in [1.165, 1.54) is 0 Å². The normalized spacial score (nSPS) is 14.4. The Morgan fingerprint density at radius 1 is 1.14 bits per heavy atom. The smallest absolute Gasteiger partial charge is 0.255 e. The van der Waals surface area contributed by atoms with E-state index in [2.05, 4.69) is 18.8 Å². The van der Waals surface area contributed by atoms with Crippen LogP contribution in [0.15, 0.2) is 61.2 Å². The first-order valence-electron chi connectivity index (χ1n) is 9.62. The molecule has 1 aliphatic rings. The van der Waals surface area contributed by atoms with Gasteiger partial charge in [-0.3, -0.25) is 9.59 Å². The number of piperidine rings is 1. The van der Waals surface area contributed by atoms with Crippen molar-refractivity contribution in [3.8, 4) is 5.75 Å². The summed E-state index contributed by atoms with van der Waals surface area (Å²) in [5.74, 6) is 1.03. The molecule has 0 unspecified atom stereocenters. The highest BCUT2D eigenvalue weighted by atomic mass is 16.5. The van der Waals surface area contributed by atoms with E-state index in [0.717, 1.165) is 25.9 Å². The van der Waals surface area contributed by atoms with E-state index in [-0.39, 0.29) is 11.8 Å². The quantitative estimate of drug-likeness (QED) is 0.759. The van der Waals surface area contributed by atoms with Gasteiger partial charge in [-0.05, 0) is 55.2 Å². The molecule has 1 N–H and O–H groups in total. The number of likely N-dealkylation sites (tertiary alicyclic amines) is 1. The summed E-state index contributed by atoms with van der Waals surface area (Å²) in [5, 5.41) is 2.87. The Balaban J connectivity index is 1.71. The predicted octanol–water partition coefficient (Wildman–Crippen LogP) is 4.38. The number of carbonyl (C=O) groups excluding carboxylic acids is 2. The van der Waals surface area contributed by atoms with Gasteiger partial charge in [0.2, 0.25) is 0 Å². The molecule has 2 aromatic carbocycles. The number of benzene rings is 2. The molecule has 0 atom stereocenters. The van der Waals surface area contributed by atoms with Gasteiger partial charge in [0.05, 0.1) is 11.3 Å². The fraction of sp³-hybridized carbons (Fsp3) is 0.304. The maximum atomic E-state index is 12.9. The van der Waals surface area contributed by atoms with E-state index in [9.17, 15) is 9.59 Å². The van der Waals surface area contributed by atoms with Crippen LogP contribution in [0.25, 0.3) is 0 Å². The Hall–Kier alpha value is -3.08. The SMILES string of the molecule is C=CCOc1ccc(C(=O)Nc2ccccc2C(=O)N2CCC(C)CC2)cc1. The Morgan fingerprint density at radius 2 is 1.82 bits per heavy atom. The molecule has 0 aliphatic carbocycles. The number of amides is 2. The lowest BCUT2D eigenvalue weighted by molar-refractivity contribution is 0.0698. The first-order chi connectivity index (χ1) is 13.6. The summed E-state index contributed by atoms with van der Waals surface area (Å²) in [6.45, 7) is 7.75. The molecule has 28 heavy (non-hydrogen) atoms.